The summed E-state index contributed by atoms with van der Waals surface area (Å²) < 4.78 is 5.73. The molecular formula is C14H22N2O. The van der Waals surface area contributed by atoms with Gasteiger partial charge in [-0.2, -0.15) is 0 Å². The molecule has 3 nitrogen and oxygen atoms in total. The molecule has 1 saturated heterocycles. The first-order chi connectivity index (χ1) is 8.09. The molecule has 1 aliphatic rings. The number of hydrogen-bond donors (Lipinski definition) is 2. The molecule has 2 rings (SSSR count). The summed E-state index contributed by atoms with van der Waals surface area (Å²) in [5.41, 5.74) is 11.4. The first kappa shape index (κ1) is 12.6. The Labute approximate surface area is 103 Å². The SMILES string of the molecule is Cc1cc(C)c(C(N)C2CNCCO2)cc1C. The largest absolute Gasteiger partial charge is 0.374 e. The fourth-order valence-corrected chi connectivity index (χ4v) is 2.36. The summed E-state index contributed by atoms with van der Waals surface area (Å²) >= 11 is 0. The van der Waals surface area contributed by atoms with Gasteiger partial charge in [-0.1, -0.05) is 12.1 Å². The zero-order valence-corrected chi connectivity index (χ0v) is 10.9. The predicted molar refractivity (Wildman–Crippen MR) is 70.2 cm³/mol. The normalized spacial score (nSPS) is 22.5. The van der Waals surface area contributed by atoms with Crippen LogP contribution in [-0.4, -0.2) is 25.8 Å². The quantitative estimate of drug-likeness (QED) is 0.817. The number of benzene rings is 1. The number of hydrogen-bond acceptors (Lipinski definition) is 3. The number of ether oxygens (including phenoxy) is 1. The van der Waals surface area contributed by atoms with Crippen LogP contribution in [0.4, 0.5) is 0 Å². The van der Waals surface area contributed by atoms with Crippen LogP contribution < -0.4 is 11.1 Å². The standard InChI is InChI=1S/C14H22N2O/c1-9-6-11(3)12(7-10(9)2)14(15)13-8-16-4-5-17-13/h6-7,13-14,16H,4-5,8,15H2,1-3H3. The molecule has 1 aromatic rings. The minimum absolute atomic E-state index is 0.0397. The molecule has 2 unspecified atom stereocenters. The van der Waals surface area contributed by atoms with Crippen LogP contribution in [0.5, 0.6) is 0 Å². The second kappa shape index (κ2) is 5.17. The van der Waals surface area contributed by atoms with Gasteiger partial charge in [0.2, 0.25) is 0 Å². The lowest BCUT2D eigenvalue weighted by Crippen LogP contribution is -2.44. The van der Waals surface area contributed by atoms with Crippen LogP contribution in [0.3, 0.4) is 0 Å². The van der Waals surface area contributed by atoms with E-state index in [0.717, 1.165) is 19.7 Å². The molecule has 0 amide bonds. The van der Waals surface area contributed by atoms with Crippen molar-refractivity contribution in [1.29, 1.82) is 0 Å². The Morgan fingerprint density at radius 1 is 1.24 bits per heavy atom. The van der Waals surface area contributed by atoms with Gasteiger partial charge >= 0.3 is 0 Å². The molecule has 3 N–H and O–H groups in total. The number of nitrogens with two attached hydrogens (primary N) is 1. The highest BCUT2D eigenvalue weighted by Gasteiger charge is 2.23. The minimum atomic E-state index is -0.0397. The van der Waals surface area contributed by atoms with Crippen LogP contribution in [0.25, 0.3) is 0 Å². The Kier molecular flexibility index (Phi) is 3.82. The van der Waals surface area contributed by atoms with Gasteiger partial charge in [0.25, 0.3) is 0 Å². The molecular weight excluding hydrogens is 212 g/mol. The smallest absolute Gasteiger partial charge is 0.0892 e. The van der Waals surface area contributed by atoms with Crippen molar-refractivity contribution in [3.8, 4) is 0 Å². The van der Waals surface area contributed by atoms with Gasteiger partial charge in [-0.05, 0) is 43.0 Å². The topological polar surface area (TPSA) is 47.3 Å². The zero-order valence-electron chi connectivity index (χ0n) is 10.9. The summed E-state index contributed by atoms with van der Waals surface area (Å²) in [6.45, 7) is 8.91. The fraction of sp³-hybridized carbons (Fsp3) is 0.571. The Bertz CT molecular complexity index is 397. The van der Waals surface area contributed by atoms with Crippen LogP contribution in [0.15, 0.2) is 12.1 Å². The molecule has 3 heteroatoms. The van der Waals surface area contributed by atoms with Crippen molar-refractivity contribution in [2.45, 2.75) is 32.9 Å². The van der Waals surface area contributed by atoms with Crippen LogP contribution in [0.1, 0.15) is 28.3 Å². The molecule has 2 atom stereocenters. The van der Waals surface area contributed by atoms with E-state index in [4.69, 9.17) is 10.5 Å². The van der Waals surface area contributed by atoms with Crippen molar-refractivity contribution in [2.75, 3.05) is 19.7 Å². The van der Waals surface area contributed by atoms with Crippen molar-refractivity contribution in [1.82, 2.24) is 5.32 Å². The Morgan fingerprint density at radius 3 is 2.59 bits per heavy atom. The second-order valence-corrected chi connectivity index (χ2v) is 4.93. The van der Waals surface area contributed by atoms with Gasteiger partial charge in [0.15, 0.2) is 0 Å². The predicted octanol–water partition coefficient (Wildman–Crippen LogP) is 1.60. The van der Waals surface area contributed by atoms with Gasteiger partial charge in [-0.3, -0.25) is 0 Å². The summed E-state index contributed by atoms with van der Waals surface area (Å²) in [6, 6.07) is 4.37. The molecule has 0 saturated carbocycles. The minimum Gasteiger partial charge on any atom is -0.374 e. The maximum atomic E-state index is 6.32. The van der Waals surface area contributed by atoms with E-state index in [2.05, 4.69) is 38.2 Å². The van der Waals surface area contributed by atoms with E-state index >= 15 is 0 Å². The molecule has 1 fully saturated rings. The van der Waals surface area contributed by atoms with Crippen LogP contribution >= 0.6 is 0 Å². The highest BCUT2D eigenvalue weighted by Crippen LogP contribution is 2.24. The molecule has 0 aromatic heterocycles. The van der Waals surface area contributed by atoms with Gasteiger partial charge in [0, 0.05) is 13.1 Å². The zero-order chi connectivity index (χ0) is 12.4. The first-order valence-electron chi connectivity index (χ1n) is 6.25. The molecule has 0 bridgehead atoms. The van der Waals surface area contributed by atoms with Gasteiger partial charge in [0.1, 0.15) is 0 Å². The fourth-order valence-electron chi connectivity index (χ4n) is 2.36. The highest BCUT2D eigenvalue weighted by atomic mass is 16.5. The highest BCUT2D eigenvalue weighted by molar-refractivity contribution is 5.38. The number of morpholine rings is 1. The maximum absolute atomic E-state index is 6.32. The van der Waals surface area contributed by atoms with Crippen molar-refractivity contribution in [3.05, 3.63) is 34.4 Å². The van der Waals surface area contributed by atoms with Gasteiger partial charge in [-0.25, -0.2) is 0 Å². The number of aryl methyl sites for hydroxylation is 3. The molecule has 94 valence electrons. The lowest BCUT2D eigenvalue weighted by Gasteiger charge is -2.30. The Morgan fingerprint density at radius 2 is 1.94 bits per heavy atom. The molecule has 0 spiro atoms. The van der Waals surface area contributed by atoms with E-state index in [0.29, 0.717) is 0 Å². The Hall–Kier alpha value is -0.900. The van der Waals surface area contributed by atoms with E-state index in [1.807, 2.05) is 0 Å². The van der Waals surface area contributed by atoms with Crippen molar-refractivity contribution in [2.24, 2.45) is 5.73 Å². The summed E-state index contributed by atoms with van der Waals surface area (Å²) in [5, 5.41) is 3.33. The van der Waals surface area contributed by atoms with E-state index in [9.17, 15) is 0 Å². The average molecular weight is 234 g/mol. The molecule has 17 heavy (non-hydrogen) atoms. The third kappa shape index (κ3) is 2.68. The molecule has 0 aliphatic carbocycles. The molecule has 1 heterocycles. The van der Waals surface area contributed by atoms with Crippen LogP contribution in [0, 0.1) is 20.8 Å². The summed E-state index contributed by atoms with van der Waals surface area (Å²) in [7, 11) is 0. The molecule has 0 radical (unpaired) electrons. The Balaban J connectivity index is 2.23. The molecule has 1 aliphatic heterocycles. The van der Waals surface area contributed by atoms with E-state index < -0.39 is 0 Å². The molecule has 1 aromatic carbocycles. The summed E-state index contributed by atoms with van der Waals surface area (Å²) in [6.07, 6.45) is 0.0876. The third-order valence-electron chi connectivity index (χ3n) is 3.60. The number of nitrogens with one attached hydrogen (secondary N) is 1. The lowest BCUT2D eigenvalue weighted by molar-refractivity contribution is 0.0121. The number of rotatable bonds is 2. The average Bonchev–Trinajstić information content (AvgIpc) is 2.34. The maximum Gasteiger partial charge on any atom is 0.0892 e. The first-order valence-corrected chi connectivity index (χ1v) is 6.25. The van der Waals surface area contributed by atoms with Crippen molar-refractivity contribution in [3.63, 3.8) is 0 Å². The monoisotopic (exact) mass is 234 g/mol. The van der Waals surface area contributed by atoms with Crippen LogP contribution in [0.2, 0.25) is 0 Å². The van der Waals surface area contributed by atoms with Crippen molar-refractivity contribution >= 4 is 0 Å². The summed E-state index contributed by atoms with van der Waals surface area (Å²) in [4.78, 5) is 0. The van der Waals surface area contributed by atoms with E-state index in [1.165, 1.54) is 22.3 Å². The van der Waals surface area contributed by atoms with Crippen LogP contribution in [-0.2, 0) is 4.74 Å². The third-order valence-corrected chi connectivity index (χ3v) is 3.60. The van der Waals surface area contributed by atoms with E-state index in [-0.39, 0.29) is 12.1 Å². The van der Waals surface area contributed by atoms with Gasteiger partial charge < -0.3 is 15.8 Å². The van der Waals surface area contributed by atoms with Gasteiger partial charge in [-0.15, -0.1) is 0 Å². The van der Waals surface area contributed by atoms with Gasteiger partial charge in [0.05, 0.1) is 18.8 Å². The second-order valence-electron chi connectivity index (χ2n) is 4.93. The van der Waals surface area contributed by atoms with Crippen molar-refractivity contribution < 1.29 is 4.74 Å². The van der Waals surface area contributed by atoms with E-state index in [1.54, 1.807) is 0 Å². The lowest BCUT2D eigenvalue weighted by atomic mass is 9.93. The summed E-state index contributed by atoms with van der Waals surface area (Å²) in [5.74, 6) is 0.